The average Bonchev–Trinajstić information content (AvgIpc) is 2.45. The number of nitrogens with one attached hydrogen (secondary N) is 1. The van der Waals surface area contributed by atoms with Crippen molar-refractivity contribution in [1.29, 1.82) is 0 Å². The van der Waals surface area contributed by atoms with Gasteiger partial charge in [0.05, 0.1) is 0 Å². The van der Waals surface area contributed by atoms with Crippen molar-refractivity contribution in [3.05, 3.63) is 58.7 Å². The number of carbonyl (C=O) groups is 1. The summed E-state index contributed by atoms with van der Waals surface area (Å²) in [7, 11) is 0. The molecule has 0 saturated carbocycles. The maximum atomic E-state index is 12.3. The first kappa shape index (κ1) is 16.1. The summed E-state index contributed by atoms with van der Waals surface area (Å²) in [6.07, 6.45) is -0.554. The highest BCUT2D eigenvalue weighted by Crippen LogP contribution is 2.21. The molecule has 1 atom stereocenters. The Balaban J connectivity index is 2.07. The largest absolute Gasteiger partial charge is 0.481 e. The molecule has 3 nitrogen and oxygen atoms in total. The first-order valence-corrected chi connectivity index (χ1v) is 7.49. The molecule has 0 spiro atoms. The normalized spacial score (nSPS) is 11.9. The zero-order chi connectivity index (χ0) is 16.3. The van der Waals surface area contributed by atoms with E-state index in [-0.39, 0.29) is 5.91 Å². The quantitative estimate of drug-likeness (QED) is 0.912. The van der Waals surface area contributed by atoms with Crippen molar-refractivity contribution in [2.45, 2.75) is 40.7 Å². The molecule has 0 fully saturated rings. The summed E-state index contributed by atoms with van der Waals surface area (Å²) in [4.78, 5) is 12.3. The standard InChI is InChI=1S/C19H23NO2/c1-12-7-9-17(15(4)10-12)20-19(21)16(5)22-18-11-13(2)6-8-14(18)3/h6-11,16H,1-5H3,(H,20,21)/t16-/m1/s1. The van der Waals surface area contributed by atoms with Crippen LogP contribution >= 0.6 is 0 Å². The number of amides is 1. The summed E-state index contributed by atoms with van der Waals surface area (Å²) in [5.41, 5.74) is 5.19. The maximum absolute atomic E-state index is 12.3. The Bertz CT molecular complexity index is 692. The Morgan fingerprint density at radius 1 is 0.955 bits per heavy atom. The molecule has 1 N–H and O–H groups in total. The van der Waals surface area contributed by atoms with Gasteiger partial charge in [0.1, 0.15) is 5.75 Å². The minimum Gasteiger partial charge on any atom is -0.481 e. The average molecular weight is 297 g/mol. The third-order valence-corrected chi connectivity index (χ3v) is 3.66. The second-order valence-electron chi connectivity index (χ2n) is 5.84. The van der Waals surface area contributed by atoms with Gasteiger partial charge in [0.25, 0.3) is 5.91 Å². The zero-order valence-corrected chi connectivity index (χ0v) is 13.9. The molecular formula is C19H23NO2. The van der Waals surface area contributed by atoms with Gasteiger partial charge in [-0.1, -0.05) is 29.8 Å². The highest BCUT2D eigenvalue weighted by Gasteiger charge is 2.16. The number of rotatable bonds is 4. The molecule has 0 aromatic heterocycles. The highest BCUT2D eigenvalue weighted by molar-refractivity contribution is 5.94. The predicted octanol–water partition coefficient (Wildman–Crippen LogP) is 4.33. The van der Waals surface area contributed by atoms with Crippen LogP contribution in [0.15, 0.2) is 36.4 Å². The summed E-state index contributed by atoms with van der Waals surface area (Å²) in [5.74, 6) is 0.608. The summed E-state index contributed by atoms with van der Waals surface area (Å²) in [6.45, 7) is 9.76. The molecule has 22 heavy (non-hydrogen) atoms. The van der Waals surface area contributed by atoms with E-state index in [1.54, 1.807) is 6.92 Å². The van der Waals surface area contributed by atoms with Gasteiger partial charge in [-0.2, -0.15) is 0 Å². The third-order valence-electron chi connectivity index (χ3n) is 3.66. The van der Waals surface area contributed by atoms with Crippen LogP contribution in [0.2, 0.25) is 0 Å². The first-order valence-electron chi connectivity index (χ1n) is 7.49. The summed E-state index contributed by atoms with van der Waals surface area (Å²) < 4.78 is 5.81. The van der Waals surface area contributed by atoms with Gasteiger partial charge >= 0.3 is 0 Å². The number of benzene rings is 2. The van der Waals surface area contributed by atoms with Crippen LogP contribution in [0.3, 0.4) is 0 Å². The van der Waals surface area contributed by atoms with E-state index < -0.39 is 6.10 Å². The molecule has 0 aliphatic rings. The fraction of sp³-hybridized carbons (Fsp3) is 0.316. The van der Waals surface area contributed by atoms with Crippen molar-refractivity contribution in [2.24, 2.45) is 0 Å². The molecule has 2 aromatic rings. The smallest absolute Gasteiger partial charge is 0.265 e. The molecular weight excluding hydrogens is 274 g/mol. The third kappa shape index (κ3) is 3.88. The molecule has 0 radical (unpaired) electrons. The maximum Gasteiger partial charge on any atom is 0.265 e. The number of carbonyl (C=O) groups excluding carboxylic acids is 1. The van der Waals surface area contributed by atoms with Gasteiger partial charge in [-0.3, -0.25) is 4.79 Å². The van der Waals surface area contributed by atoms with Crippen molar-refractivity contribution < 1.29 is 9.53 Å². The summed E-state index contributed by atoms with van der Waals surface area (Å²) >= 11 is 0. The lowest BCUT2D eigenvalue weighted by Crippen LogP contribution is -2.30. The van der Waals surface area contributed by atoms with Gasteiger partial charge in [-0.25, -0.2) is 0 Å². The molecule has 0 bridgehead atoms. The Morgan fingerprint density at radius 2 is 1.59 bits per heavy atom. The second-order valence-corrected chi connectivity index (χ2v) is 5.84. The van der Waals surface area contributed by atoms with Crippen LogP contribution in [0.1, 0.15) is 29.2 Å². The van der Waals surface area contributed by atoms with Crippen LogP contribution in [0, 0.1) is 27.7 Å². The van der Waals surface area contributed by atoms with Gasteiger partial charge in [-0.05, 0) is 63.4 Å². The van der Waals surface area contributed by atoms with E-state index >= 15 is 0 Å². The van der Waals surface area contributed by atoms with E-state index in [1.807, 2.05) is 64.1 Å². The predicted molar refractivity (Wildman–Crippen MR) is 90.6 cm³/mol. The SMILES string of the molecule is Cc1ccc(NC(=O)[C@@H](C)Oc2cc(C)ccc2C)c(C)c1. The Labute approximate surface area is 132 Å². The van der Waals surface area contributed by atoms with Crippen LogP contribution in [-0.4, -0.2) is 12.0 Å². The van der Waals surface area contributed by atoms with E-state index in [1.165, 1.54) is 5.56 Å². The van der Waals surface area contributed by atoms with Crippen molar-refractivity contribution in [2.75, 3.05) is 5.32 Å². The number of ether oxygens (including phenoxy) is 1. The molecule has 3 heteroatoms. The molecule has 0 heterocycles. The van der Waals surface area contributed by atoms with Gasteiger partial charge in [0, 0.05) is 5.69 Å². The lowest BCUT2D eigenvalue weighted by molar-refractivity contribution is -0.122. The zero-order valence-electron chi connectivity index (χ0n) is 13.9. The molecule has 0 aliphatic heterocycles. The second kappa shape index (κ2) is 6.65. The van der Waals surface area contributed by atoms with Crippen LogP contribution in [0.25, 0.3) is 0 Å². The van der Waals surface area contributed by atoms with Crippen LogP contribution in [0.5, 0.6) is 5.75 Å². The summed E-state index contributed by atoms with van der Waals surface area (Å²) in [5, 5.41) is 2.93. The number of aryl methyl sites for hydroxylation is 4. The highest BCUT2D eigenvalue weighted by atomic mass is 16.5. The van der Waals surface area contributed by atoms with Crippen molar-refractivity contribution >= 4 is 11.6 Å². The van der Waals surface area contributed by atoms with Gasteiger partial charge in [0.2, 0.25) is 0 Å². The van der Waals surface area contributed by atoms with E-state index in [9.17, 15) is 4.79 Å². The molecule has 116 valence electrons. The van der Waals surface area contributed by atoms with Crippen LogP contribution < -0.4 is 10.1 Å². The Morgan fingerprint density at radius 3 is 2.27 bits per heavy atom. The van der Waals surface area contributed by atoms with Gasteiger partial charge < -0.3 is 10.1 Å². The van der Waals surface area contributed by atoms with Gasteiger partial charge in [0.15, 0.2) is 6.10 Å². The topological polar surface area (TPSA) is 38.3 Å². The molecule has 0 unspecified atom stereocenters. The van der Waals surface area contributed by atoms with Crippen molar-refractivity contribution in [1.82, 2.24) is 0 Å². The van der Waals surface area contributed by atoms with E-state index in [4.69, 9.17) is 4.74 Å². The lowest BCUT2D eigenvalue weighted by atomic mass is 10.1. The van der Waals surface area contributed by atoms with Crippen LogP contribution in [0.4, 0.5) is 5.69 Å². The van der Waals surface area contributed by atoms with Crippen molar-refractivity contribution in [3.63, 3.8) is 0 Å². The minimum atomic E-state index is -0.554. The number of anilines is 1. The molecule has 2 aromatic carbocycles. The molecule has 1 amide bonds. The fourth-order valence-electron chi connectivity index (χ4n) is 2.27. The monoisotopic (exact) mass is 297 g/mol. The molecule has 0 aliphatic carbocycles. The first-order chi connectivity index (χ1) is 10.4. The molecule has 2 rings (SSSR count). The van der Waals surface area contributed by atoms with Crippen LogP contribution in [-0.2, 0) is 4.79 Å². The van der Waals surface area contributed by atoms with E-state index in [0.717, 1.165) is 28.1 Å². The fourth-order valence-corrected chi connectivity index (χ4v) is 2.27. The minimum absolute atomic E-state index is 0.146. The Hall–Kier alpha value is -2.29. The lowest BCUT2D eigenvalue weighted by Gasteiger charge is -2.17. The van der Waals surface area contributed by atoms with Crippen molar-refractivity contribution in [3.8, 4) is 5.75 Å². The summed E-state index contributed by atoms with van der Waals surface area (Å²) in [6, 6.07) is 11.9. The van der Waals surface area contributed by atoms with Gasteiger partial charge in [-0.15, -0.1) is 0 Å². The number of hydrogen-bond acceptors (Lipinski definition) is 2. The van der Waals surface area contributed by atoms with E-state index in [0.29, 0.717) is 0 Å². The molecule has 0 saturated heterocycles. The number of hydrogen-bond donors (Lipinski definition) is 1. The van der Waals surface area contributed by atoms with E-state index in [2.05, 4.69) is 5.32 Å². The Kier molecular flexibility index (Phi) is 4.86.